The number of alkyl halides is 3. The van der Waals surface area contributed by atoms with Crippen molar-refractivity contribution in [1.82, 2.24) is 9.97 Å². The molecule has 4 nitrogen and oxygen atoms in total. The van der Waals surface area contributed by atoms with Crippen molar-refractivity contribution in [3.8, 4) is 5.88 Å². The van der Waals surface area contributed by atoms with Crippen LogP contribution in [0.2, 0.25) is 0 Å². The van der Waals surface area contributed by atoms with Crippen molar-refractivity contribution < 1.29 is 17.9 Å². The molecule has 2 N–H and O–H groups in total. The smallest absolute Gasteiger partial charge is 0.422 e. The van der Waals surface area contributed by atoms with E-state index in [1.54, 1.807) is 0 Å². The van der Waals surface area contributed by atoms with E-state index >= 15 is 0 Å². The normalized spacial score (nSPS) is 10.0. The van der Waals surface area contributed by atoms with Crippen LogP contribution in [-0.2, 0) is 6.54 Å². The first-order chi connectivity index (χ1) is 6.51. The van der Waals surface area contributed by atoms with Gasteiger partial charge in [0.2, 0.25) is 5.88 Å². The van der Waals surface area contributed by atoms with Crippen LogP contribution in [0.25, 0.3) is 0 Å². The van der Waals surface area contributed by atoms with Gasteiger partial charge in [0.15, 0.2) is 6.61 Å². The number of nitrogens with zero attached hydrogens (tertiary/aromatic N) is 2. The fourth-order valence-corrected chi connectivity index (χ4v) is 0.723. The molecule has 0 unspecified atom stereocenters. The van der Waals surface area contributed by atoms with Gasteiger partial charge in [0, 0.05) is 12.6 Å². The molecule has 0 aromatic carbocycles. The first-order valence-corrected chi connectivity index (χ1v) is 3.72. The Morgan fingerprint density at radius 1 is 1.25 bits per heavy atom. The van der Waals surface area contributed by atoms with Gasteiger partial charge in [0.1, 0.15) is 6.33 Å². The van der Waals surface area contributed by atoms with Crippen LogP contribution >= 0.6 is 24.8 Å². The van der Waals surface area contributed by atoms with Gasteiger partial charge in [0.25, 0.3) is 0 Å². The second-order valence-electron chi connectivity index (χ2n) is 2.46. The van der Waals surface area contributed by atoms with Crippen molar-refractivity contribution in [1.29, 1.82) is 0 Å². The summed E-state index contributed by atoms with van der Waals surface area (Å²) < 4.78 is 39.6. The molecule has 9 heteroatoms. The Morgan fingerprint density at radius 3 is 2.38 bits per heavy atom. The Hall–Kier alpha value is -0.790. The summed E-state index contributed by atoms with van der Waals surface area (Å²) in [5.74, 6) is -0.127. The molecule has 0 spiro atoms. The summed E-state index contributed by atoms with van der Waals surface area (Å²) in [7, 11) is 0. The molecule has 1 heterocycles. The lowest BCUT2D eigenvalue weighted by atomic mass is 10.4. The highest BCUT2D eigenvalue weighted by Gasteiger charge is 2.28. The lowest BCUT2D eigenvalue weighted by Gasteiger charge is -2.08. The van der Waals surface area contributed by atoms with E-state index < -0.39 is 12.8 Å². The minimum Gasteiger partial charge on any atom is -0.468 e. The third kappa shape index (κ3) is 6.65. The van der Waals surface area contributed by atoms with Crippen molar-refractivity contribution in [2.24, 2.45) is 5.73 Å². The topological polar surface area (TPSA) is 61.0 Å². The molecular formula is C7H10Cl2F3N3O. The van der Waals surface area contributed by atoms with Crippen molar-refractivity contribution in [2.45, 2.75) is 12.7 Å². The molecule has 0 aliphatic heterocycles. The van der Waals surface area contributed by atoms with E-state index in [4.69, 9.17) is 5.73 Å². The lowest BCUT2D eigenvalue weighted by Crippen LogP contribution is -2.19. The maximum Gasteiger partial charge on any atom is 0.422 e. The summed E-state index contributed by atoms with van der Waals surface area (Å²) >= 11 is 0. The third-order valence-electron chi connectivity index (χ3n) is 1.29. The van der Waals surface area contributed by atoms with E-state index in [9.17, 15) is 13.2 Å². The maximum atomic E-state index is 11.7. The van der Waals surface area contributed by atoms with Gasteiger partial charge in [-0.1, -0.05) is 0 Å². The van der Waals surface area contributed by atoms with Gasteiger partial charge < -0.3 is 10.5 Å². The molecule has 0 saturated carbocycles. The van der Waals surface area contributed by atoms with Gasteiger partial charge >= 0.3 is 6.18 Å². The van der Waals surface area contributed by atoms with E-state index in [0.717, 1.165) is 6.33 Å². The molecule has 0 amide bonds. The highest BCUT2D eigenvalue weighted by Crippen LogP contribution is 2.16. The molecule has 1 aromatic rings. The standard InChI is InChI=1S/C7H8F3N3O.2ClH/c8-7(9,10)3-14-6-1-5(2-11)12-4-13-6;;/h1,4H,2-3,11H2;2*1H. The molecule has 1 aromatic heterocycles. The summed E-state index contributed by atoms with van der Waals surface area (Å²) in [6.07, 6.45) is -3.26. The van der Waals surface area contributed by atoms with Crippen molar-refractivity contribution in [3.05, 3.63) is 18.1 Å². The molecular weight excluding hydrogens is 270 g/mol. The molecule has 0 bridgehead atoms. The molecule has 0 aliphatic rings. The van der Waals surface area contributed by atoms with E-state index in [2.05, 4.69) is 14.7 Å². The maximum absolute atomic E-state index is 11.7. The van der Waals surface area contributed by atoms with E-state index in [1.807, 2.05) is 0 Å². The predicted molar refractivity (Wildman–Crippen MR) is 56.0 cm³/mol. The molecule has 16 heavy (non-hydrogen) atoms. The number of nitrogens with two attached hydrogens (primary N) is 1. The first kappa shape index (κ1) is 17.6. The van der Waals surface area contributed by atoms with Gasteiger partial charge in [-0.05, 0) is 0 Å². The average Bonchev–Trinajstić information content (AvgIpc) is 2.14. The summed E-state index contributed by atoms with van der Waals surface area (Å²) in [5.41, 5.74) is 5.66. The van der Waals surface area contributed by atoms with Gasteiger partial charge in [-0.25, -0.2) is 9.97 Å². The molecule has 0 atom stereocenters. The van der Waals surface area contributed by atoms with Gasteiger partial charge in [-0.15, -0.1) is 24.8 Å². The number of hydrogen-bond acceptors (Lipinski definition) is 4. The summed E-state index contributed by atoms with van der Waals surface area (Å²) in [5, 5.41) is 0. The van der Waals surface area contributed by atoms with Crippen LogP contribution in [0.4, 0.5) is 13.2 Å². The number of halogens is 5. The van der Waals surface area contributed by atoms with Crippen LogP contribution in [0.15, 0.2) is 12.4 Å². The molecule has 1 rings (SSSR count). The van der Waals surface area contributed by atoms with E-state index in [1.165, 1.54) is 6.07 Å². The van der Waals surface area contributed by atoms with Crippen LogP contribution in [0.1, 0.15) is 5.69 Å². The van der Waals surface area contributed by atoms with E-state index in [-0.39, 0.29) is 37.2 Å². The minimum absolute atomic E-state index is 0. The minimum atomic E-state index is -4.37. The second-order valence-corrected chi connectivity index (χ2v) is 2.46. The van der Waals surface area contributed by atoms with Crippen molar-refractivity contribution >= 4 is 24.8 Å². The monoisotopic (exact) mass is 279 g/mol. The fourth-order valence-electron chi connectivity index (χ4n) is 0.723. The number of ether oxygens (including phenoxy) is 1. The molecule has 0 aliphatic carbocycles. The largest absolute Gasteiger partial charge is 0.468 e. The quantitative estimate of drug-likeness (QED) is 0.915. The summed E-state index contributed by atoms with van der Waals surface area (Å²) in [6, 6.07) is 1.27. The van der Waals surface area contributed by atoms with Crippen LogP contribution in [0.5, 0.6) is 5.88 Å². The second kappa shape index (κ2) is 7.48. The third-order valence-corrected chi connectivity index (χ3v) is 1.29. The highest BCUT2D eigenvalue weighted by atomic mass is 35.5. The zero-order valence-corrected chi connectivity index (χ0v) is 9.53. The summed E-state index contributed by atoms with van der Waals surface area (Å²) in [4.78, 5) is 7.21. The number of rotatable bonds is 3. The van der Waals surface area contributed by atoms with E-state index in [0.29, 0.717) is 5.69 Å². The Labute approximate surface area is 102 Å². The molecule has 0 saturated heterocycles. The predicted octanol–water partition coefficient (Wildman–Crippen LogP) is 1.72. The van der Waals surface area contributed by atoms with Crippen LogP contribution in [-0.4, -0.2) is 22.8 Å². The molecule has 94 valence electrons. The zero-order chi connectivity index (χ0) is 10.6. The van der Waals surface area contributed by atoms with Gasteiger partial charge in [-0.2, -0.15) is 13.2 Å². The van der Waals surface area contributed by atoms with Gasteiger partial charge in [0.05, 0.1) is 5.69 Å². The van der Waals surface area contributed by atoms with Crippen LogP contribution in [0, 0.1) is 0 Å². The van der Waals surface area contributed by atoms with Crippen molar-refractivity contribution in [3.63, 3.8) is 0 Å². The Bertz CT molecular complexity index is 311. The first-order valence-electron chi connectivity index (χ1n) is 3.72. The zero-order valence-electron chi connectivity index (χ0n) is 7.90. The van der Waals surface area contributed by atoms with Gasteiger partial charge in [-0.3, -0.25) is 0 Å². The van der Waals surface area contributed by atoms with Crippen molar-refractivity contribution in [2.75, 3.05) is 6.61 Å². The molecule has 0 radical (unpaired) electrons. The molecule has 0 fully saturated rings. The lowest BCUT2D eigenvalue weighted by molar-refractivity contribution is -0.154. The van der Waals surface area contributed by atoms with Crippen LogP contribution < -0.4 is 10.5 Å². The average molecular weight is 280 g/mol. The Balaban J connectivity index is 0. The highest BCUT2D eigenvalue weighted by molar-refractivity contribution is 5.85. The fraction of sp³-hybridized carbons (Fsp3) is 0.429. The summed E-state index contributed by atoms with van der Waals surface area (Å²) in [6.45, 7) is -1.24. The number of hydrogen-bond donors (Lipinski definition) is 1. The Morgan fingerprint density at radius 2 is 1.88 bits per heavy atom. The SMILES string of the molecule is Cl.Cl.NCc1cc(OCC(F)(F)F)ncn1. The Kier molecular flexibility index (Phi) is 8.23. The number of aromatic nitrogens is 2. The van der Waals surface area contributed by atoms with Crippen LogP contribution in [0.3, 0.4) is 0 Å².